The van der Waals surface area contributed by atoms with Crippen LogP contribution in [0.4, 0.5) is 30.5 Å². The molecule has 0 bridgehead atoms. The van der Waals surface area contributed by atoms with Crippen LogP contribution in [-0.4, -0.2) is 104 Å². The molecule has 1 aromatic carbocycles. The number of aromatic nitrogens is 2. The molecular formula is C30H38F3N7O2. The summed E-state index contributed by atoms with van der Waals surface area (Å²) in [6.45, 7) is 9.52. The number of hydrogen-bond donors (Lipinski definition) is 1. The SMILES string of the molecule is C[C@@H]1CN(c2ncc(-c3cc(NC(=O)C4=CN(C)CC=C4C(F)F)c(N4C[C@@H](C)N(C)[C@@H](C)C4)cc3F)cn2)CCO1. The summed E-state index contributed by atoms with van der Waals surface area (Å²) < 4.78 is 49.0. The van der Waals surface area contributed by atoms with Crippen LogP contribution in [0.2, 0.25) is 0 Å². The molecule has 0 spiro atoms. The lowest BCUT2D eigenvalue weighted by molar-refractivity contribution is -0.112. The van der Waals surface area contributed by atoms with Crippen molar-refractivity contribution in [1.29, 1.82) is 0 Å². The smallest absolute Gasteiger partial charge is 0.264 e. The summed E-state index contributed by atoms with van der Waals surface area (Å²) in [5.74, 6) is -0.655. The van der Waals surface area contributed by atoms with Crippen molar-refractivity contribution in [2.75, 3.05) is 68.5 Å². The number of amides is 1. The quantitative estimate of drug-likeness (QED) is 0.546. The number of ether oxygens (including phenoxy) is 1. The van der Waals surface area contributed by atoms with Gasteiger partial charge in [0.25, 0.3) is 12.3 Å². The van der Waals surface area contributed by atoms with Crippen LogP contribution in [0, 0.1) is 5.82 Å². The van der Waals surface area contributed by atoms with Crippen molar-refractivity contribution in [2.45, 2.75) is 45.4 Å². The Morgan fingerprint density at radius 3 is 2.38 bits per heavy atom. The van der Waals surface area contributed by atoms with Gasteiger partial charge in [0.15, 0.2) is 0 Å². The van der Waals surface area contributed by atoms with Gasteiger partial charge in [-0.25, -0.2) is 23.1 Å². The van der Waals surface area contributed by atoms with Crippen molar-refractivity contribution in [3.8, 4) is 11.1 Å². The van der Waals surface area contributed by atoms with Gasteiger partial charge < -0.3 is 24.8 Å². The largest absolute Gasteiger partial charge is 0.376 e. The number of piperazine rings is 1. The summed E-state index contributed by atoms with van der Waals surface area (Å²) >= 11 is 0. The average Bonchev–Trinajstić information content (AvgIpc) is 2.96. The molecule has 3 atom stereocenters. The van der Waals surface area contributed by atoms with Gasteiger partial charge in [0.05, 0.1) is 29.7 Å². The van der Waals surface area contributed by atoms with Crippen LogP contribution in [0.1, 0.15) is 20.8 Å². The van der Waals surface area contributed by atoms with Gasteiger partial charge in [0.2, 0.25) is 5.95 Å². The van der Waals surface area contributed by atoms with Crippen LogP contribution in [-0.2, 0) is 9.53 Å². The molecule has 1 N–H and O–H groups in total. The summed E-state index contributed by atoms with van der Waals surface area (Å²) in [6, 6.07) is 3.29. The lowest BCUT2D eigenvalue weighted by Crippen LogP contribution is -2.55. The maximum Gasteiger partial charge on any atom is 0.264 e. The maximum absolute atomic E-state index is 15.8. The topological polar surface area (TPSA) is 77.1 Å². The molecular weight excluding hydrogens is 547 g/mol. The molecule has 42 heavy (non-hydrogen) atoms. The van der Waals surface area contributed by atoms with E-state index in [1.54, 1.807) is 30.4 Å². The zero-order chi connectivity index (χ0) is 30.1. The highest BCUT2D eigenvalue weighted by Crippen LogP contribution is 2.37. The Balaban J connectivity index is 1.51. The first-order valence-corrected chi connectivity index (χ1v) is 14.2. The minimum atomic E-state index is -2.80. The van der Waals surface area contributed by atoms with E-state index in [0.29, 0.717) is 55.7 Å². The molecule has 2 aromatic rings. The molecule has 0 aliphatic carbocycles. The fraction of sp³-hybridized carbons (Fsp3) is 0.500. The third-order valence-electron chi connectivity index (χ3n) is 8.25. The van der Waals surface area contributed by atoms with E-state index in [1.807, 2.05) is 23.8 Å². The van der Waals surface area contributed by atoms with E-state index < -0.39 is 18.1 Å². The second kappa shape index (κ2) is 12.3. The number of alkyl halides is 2. The Hall–Kier alpha value is -3.64. The predicted molar refractivity (Wildman–Crippen MR) is 157 cm³/mol. The van der Waals surface area contributed by atoms with E-state index in [1.165, 1.54) is 18.3 Å². The van der Waals surface area contributed by atoms with Gasteiger partial charge >= 0.3 is 0 Å². The molecule has 0 unspecified atom stereocenters. The molecule has 4 heterocycles. The molecule has 12 heteroatoms. The van der Waals surface area contributed by atoms with Crippen molar-refractivity contribution in [2.24, 2.45) is 0 Å². The zero-order valence-electron chi connectivity index (χ0n) is 24.6. The number of rotatable bonds is 6. The highest BCUT2D eigenvalue weighted by molar-refractivity contribution is 6.09. The number of carbonyl (C=O) groups is 1. The molecule has 3 aliphatic heterocycles. The standard InChI is InChI=1S/C30H38F3N7O2/c1-18-14-40(15-19(2)38(18)5)27-11-25(31)23(21-12-34-30(35-13-21)39-8-9-42-20(3)16-39)10-26(27)36-29(41)24-17-37(4)7-6-22(24)28(32)33/h6,10-13,17-20,28H,7-9,14-16H2,1-5H3,(H,36,41)/t18-,19+,20-/m1/s1. The first-order valence-electron chi connectivity index (χ1n) is 14.2. The Morgan fingerprint density at radius 1 is 1.05 bits per heavy atom. The number of hydrogen-bond acceptors (Lipinski definition) is 8. The fourth-order valence-electron chi connectivity index (χ4n) is 5.66. The molecule has 0 saturated carbocycles. The number of morpholine rings is 1. The first-order chi connectivity index (χ1) is 20.0. The third-order valence-corrected chi connectivity index (χ3v) is 8.25. The maximum atomic E-state index is 15.8. The van der Waals surface area contributed by atoms with Crippen LogP contribution in [0.25, 0.3) is 11.1 Å². The Labute approximate surface area is 244 Å². The zero-order valence-corrected chi connectivity index (χ0v) is 24.6. The molecule has 1 aromatic heterocycles. The summed E-state index contributed by atoms with van der Waals surface area (Å²) in [4.78, 5) is 30.4. The van der Waals surface area contributed by atoms with Gasteiger partial charge in [-0.15, -0.1) is 0 Å². The highest BCUT2D eigenvalue weighted by Gasteiger charge is 2.31. The van der Waals surface area contributed by atoms with Crippen LogP contribution >= 0.6 is 0 Å². The monoisotopic (exact) mass is 585 g/mol. The molecule has 5 rings (SSSR count). The minimum absolute atomic E-state index is 0.0534. The number of benzene rings is 1. The fourth-order valence-corrected chi connectivity index (χ4v) is 5.66. The van der Waals surface area contributed by atoms with E-state index >= 15 is 4.39 Å². The average molecular weight is 586 g/mol. The van der Waals surface area contributed by atoms with Gasteiger partial charge in [-0.1, -0.05) is 6.08 Å². The predicted octanol–water partition coefficient (Wildman–Crippen LogP) is 4.00. The molecule has 3 aliphatic rings. The Kier molecular flexibility index (Phi) is 8.74. The van der Waals surface area contributed by atoms with Crippen molar-refractivity contribution >= 4 is 23.2 Å². The molecule has 9 nitrogen and oxygen atoms in total. The second-order valence-electron chi connectivity index (χ2n) is 11.4. The van der Waals surface area contributed by atoms with Crippen LogP contribution in [0.15, 0.2) is 47.9 Å². The van der Waals surface area contributed by atoms with E-state index in [-0.39, 0.29) is 41.4 Å². The van der Waals surface area contributed by atoms with E-state index in [9.17, 15) is 13.6 Å². The van der Waals surface area contributed by atoms with Gasteiger partial charge in [-0.3, -0.25) is 9.69 Å². The highest BCUT2D eigenvalue weighted by atomic mass is 19.3. The number of nitrogens with zero attached hydrogens (tertiary/aromatic N) is 6. The van der Waals surface area contributed by atoms with Crippen LogP contribution < -0.4 is 15.1 Å². The van der Waals surface area contributed by atoms with Gasteiger partial charge in [-0.2, -0.15) is 0 Å². The van der Waals surface area contributed by atoms with E-state index in [4.69, 9.17) is 4.74 Å². The molecule has 0 radical (unpaired) electrons. The Bertz CT molecular complexity index is 1360. The molecule has 1 amide bonds. The number of halogens is 3. The summed E-state index contributed by atoms with van der Waals surface area (Å²) in [7, 11) is 3.76. The van der Waals surface area contributed by atoms with Crippen molar-refractivity contribution < 1.29 is 22.7 Å². The van der Waals surface area contributed by atoms with Crippen molar-refractivity contribution in [1.82, 2.24) is 19.8 Å². The number of likely N-dealkylation sites (N-methyl/N-ethyl adjacent to an activating group) is 2. The lowest BCUT2D eigenvalue weighted by Gasteiger charge is -2.44. The summed E-state index contributed by atoms with van der Waals surface area (Å²) in [5.41, 5.74) is 1.01. The number of anilines is 3. The molecule has 2 fully saturated rings. The second-order valence-corrected chi connectivity index (χ2v) is 11.4. The molecule has 2 saturated heterocycles. The van der Waals surface area contributed by atoms with E-state index in [2.05, 4.69) is 34.0 Å². The number of nitrogens with one attached hydrogen (secondary N) is 1. The Morgan fingerprint density at radius 2 is 1.74 bits per heavy atom. The summed E-state index contributed by atoms with van der Waals surface area (Å²) in [5, 5.41) is 2.84. The van der Waals surface area contributed by atoms with Gasteiger partial charge in [-0.05, 0) is 40.0 Å². The summed E-state index contributed by atoms with van der Waals surface area (Å²) in [6.07, 6.45) is 3.14. The van der Waals surface area contributed by atoms with Crippen LogP contribution in [0.5, 0.6) is 0 Å². The lowest BCUT2D eigenvalue weighted by atomic mass is 10.0. The number of carbonyl (C=O) groups excluding carboxylic acids is 1. The first kappa shape index (κ1) is 29.8. The van der Waals surface area contributed by atoms with Gasteiger partial charge in [0.1, 0.15) is 5.82 Å². The molecule has 226 valence electrons. The third kappa shape index (κ3) is 6.24. The minimum Gasteiger partial charge on any atom is -0.376 e. The van der Waals surface area contributed by atoms with Crippen molar-refractivity contribution in [3.05, 3.63) is 53.8 Å². The van der Waals surface area contributed by atoms with Crippen molar-refractivity contribution in [3.63, 3.8) is 0 Å². The van der Waals surface area contributed by atoms with Gasteiger partial charge in [0, 0.05) is 87.1 Å². The normalized spacial score (nSPS) is 23.6. The van der Waals surface area contributed by atoms with Crippen LogP contribution in [0.3, 0.4) is 0 Å². The van der Waals surface area contributed by atoms with E-state index in [0.717, 1.165) is 0 Å².